The van der Waals surface area contributed by atoms with E-state index in [9.17, 15) is 17.2 Å². The largest absolute Gasteiger partial charge is 0.435 e. The number of fused-ring (bicyclic) bond motifs is 1. The van der Waals surface area contributed by atoms with Gasteiger partial charge in [-0.2, -0.15) is 13.1 Å². The Bertz CT molecular complexity index is 696. The van der Waals surface area contributed by atoms with Crippen LogP contribution in [0.1, 0.15) is 44.2 Å². The lowest BCUT2D eigenvalue weighted by atomic mass is 9.97. The maximum Gasteiger partial charge on any atom is 0.387 e. The number of sulfonamides is 1. The van der Waals surface area contributed by atoms with E-state index in [2.05, 4.69) is 4.74 Å². The van der Waals surface area contributed by atoms with Crippen LogP contribution >= 0.6 is 0 Å². The first kappa shape index (κ1) is 18.9. The summed E-state index contributed by atoms with van der Waals surface area (Å²) >= 11 is 0. The molecule has 0 unspecified atom stereocenters. The first-order valence-corrected chi connectivity index (χ1v) is 9.61. The minimum absolute atomic E-state index is 0.0991. The van der Waals surface area contributed by atoms with E-state index in [-0.39, 0.29) is 5.75 Å². The molecule has 1 aliphatic carbocycles. The first-order valence-electron chi connectivity index (χ1n) is 8.17. The summed E-state index contributed by atoms with van der Waals surface area (Å²) in [4.78, 5) is 0.388. The molecule has 0 heterocycles. The van der Waals surface area contributed by atoms with Crippen LogP contribution in [0.3, 0.4) is 0 Å². The van der Waals surface area contributed by atoms with Crippen LogP contribution < -0.4 is 4.74 Å². The molecule has 7 heteroatoms. The second-order valence-electron chi connectivity index (χ2n) is 5.75. The average Bonchev–Trinajstić information content (AvgIpc) is 2.53. The molecular weight excluding hydrogens is 336 g/mol. The van der Waals surface area contributed by atoms with E-state index < -0.39 is 16.6 Å². The Morgan fingerprint density at radius 2 is 1.83 bits per heavy atom. The third kappa shape index (κ3) is 4.33. The van der Waals surface area contributed by atoms with Gasteiger partial charge in [-0.25, -0.2) is 8.42 Å². The zero-order valence-corrected chi connectivity index (χ0v) is 14.8. The molecule has 0 aromatic heterocycles. The van der Waals surface area contributed by atoms with Crippen molar-refractivity contribution in [3.8, 4) is 5.75 Å². The van der Waals surface area contributed by atoms with E-state index in [1.54, 1.807) is 18.2 Å². The molecule has 134 valence electrons. The minimum atomic E-state index is -3.48. The summed E-state index contributed by atoms with van der Waals surface area (Å²) in [6.45, 7) is 2.04. The van der Waals surface area contributed by atoms with Crippen molar-refractivity contribution in [1.29, 1.82) is 0 Å². The van der Waals surface area contributed by atoms with E-state index >= 15 is 0 Å². The fourth-order valence-electron chi connectivity index (χ4n) is 2.84. The van der Waals surface area contributed by atoms with Gasteiger partial charge in [-0.1, -0.05) is 19.9 Å². The molecule has 0 spiro atoms. The average molecular weight is 359 g/mol. The lowest BCUT2D eigenvalue weighted by Crippen LogP contribution is -2.34. The Morgan fingerprint density at radius 3 is 2.42 bits per heavy atom. The number of benzene rings is 1. The smallest absolute Gasteiger partial charge is 0.387 e. The molecule has 0 radical (unpaired) electrons. The number of ether oxygens (including phenoxy) is 1. The van der Waals surface area contributed by atoms with Crippen LogP contribution in [0, 0.1) is 0 Å². The van der Waals surface area contributed by atoms with Gasteiger partial charge in [-0.15, -0.1) is 0 Å². The maximum atomic E-state index is 12.8. The quantitative estimate of drug-likeness (QED) is 0.704. The number of allylic oxidation sites excluding steroid dienone is 1. The number of nitrogens with zero attached hydrogens (tertiary/aromatic N) is 1. The summed E-state index contributed by atoms with van der Waals surface area (Å²) in [5.74, 6) is 0.0991. The van der Waals surface area contributed by atoms with Crippen molar-refractivity contribution in [3.63, 3.8) is 0 Å². The van der Waals surface area contributed by atoms with Gasteiger partial charge in [0.15, 0.2) is 0 Å². The second kappa shape index (κ2) is 8.07. The van der Waals surface area contributed by atoms with Gasteiger partial charge in [0.2, 0.25) is 10.0 Å². The van der Waals surface area contributed by atoms with E-state index in [0.717, 1.165) is 24.0 Å². The van der Waals surface area contributed by atoms with Crippen LogP contribution in [-0.2, 0) is 16.4 Å². The Morgan fingerprint density at radius 1 is 1.17 bits per heavy atom. The SMILES string of the molecule is CCCN(CCC)S(=O)(=O)C1=Cc2ccc(OC(F)F)cc2CC1. The molecule has 0 bridgehead atoms. The molecule has 0 saturated carbocycles. The van der Waals surface area contributed by atoms with Crippen LogP contribution in [-0.4, -0.2) is 32.4 Å². The monoisotopic (exact) mass is 359 g/mol. The number of hydrogen-bond donors (Lipinski definition) is 0. The first-order chi connectivity index (χ1) is 11.4. The number of hydrogen-bond acceptors (Lipinski definition) is 3. The predicted molar refractivity (Wildman–Crippen MR) is 90.4 cm³/mol. The molecule has 0 N–H and O–H groups in total. The minimum Gasteiger partial charge on any atom is -0.435 e. The van der Waals surface area contributed by atoms with E-state index in [4.69, 9.17) is 0 Å². The Hall–Kier alpha value is -1.47. The van der Waals surface area contributed by atoms with Crippen molar-refractivity contribution < 1.29 is 21.9 Å². The predicted octanol–water partition coefficient (Wildman–Crippen LogP) is 4.03. The molecule has 0 saturated heterocycles. The van der Waals surface area contributed by atoms with Gasteiger partial charge in [0, 0.05) is 13.1 Å². The van der Waals surface area contributed by atoms with Gasteiger partial charge in [-0.3, -0.25) is 0 Å². The number of rotatable bonds is 8. The lowest BCUT2D eigenvalue weighted by molar-refractivity contribution is -0.0498. The number of alkyl halides is 2. The molecule has 0 amide bonds. The molecule has 4 nitrogen and oxygen atoms in total. The van der Waals surface area contributed by atoms with Crippen LogP contribution in [0.4, 0.5) is 8.78 Å². The molecule has 1 aliphatic rings. The summed E-state index contributed by atoms with van der Waals surface area (Å²) < 4.78 is 56.1. The zero-order valence-electron chi connectivity index (χ0n) is 14.0. The van der Waals surface area contributed by atoms with E-state index in [1.807, 2.05) is 13.8 Å². The van der Waals surface area contributed by atoms with Crippen LogP contribution in [0.2, 0.25) is 0 Å². The molecule has 1 aromatic carbocycles. The van der Waals surface area contributed by atoms with Gasteiger partial charge >= 0.3 is 6.61 Å². The van der Waals surface area contributed by atoms with Gasteiger partial charge in [-0.05, 0) is 55.0 Å². The highest BCUT2D eigenvalue weighted by Crippen LogP contribution is 2.31. The Kier molecular flexibility index (Phi) is 6.34. The third-order valence-electron chi connectivity index (χ3n) is 3.91. The lowest BCUT2D eigenvalue weighted by Gasteiger charge is -2.25. The molecule has 1 aromatic rings. The fourth-order valence-corrected chi connectivity index (χ4v) is 4.65. The van der Waals surface area contributed by atoms with Crippen molar-refractivity contribution in [2.24, 2.45) is 0 Å². The normalized spacial score (nSPS) is 14.7. The highest BCUT2D eigenvalue weighted by atomic mass is 32.2. The van der Waals surface area contributed by atoms with Crippen molar-refractivity contribution in [2.75, 3.05) is 13.1 Å². The van der Waals surface area contributed by atoms with Crippen molar-refractivity contribution in [1.82, 2.24) is 4.31 Å². The van der Waals surface area contributed by atoms with Gasteiger partial charge < -0.3 is 4.74 Å². The number of aryl methyl sites for hydroxylation is 1. The summed E-state index contributed by atoms with van der Waals surface area (Å²) in [7, 11) is -3.48. The van der Waals surface area contributed by atoms with Gasteiger partial charge in [0.25, 0.3) is 0 Å². The summed E-state index contributed by atoms with van der Waals surface area (Å²) in [5, 5.41) is 0. The highest BCUT2D eigenvalue weighted by molar-refractivity contribution is 7.93. The van der Waals surface area contributed by atoms with Crippen LogP contribution in [0.25, 0.3) is 6.08 Å². The Balaban J connectivity index is 2.29. The molecule has 0 aliphatic heterocycles. The highest BCUT2D eigenvalue weighted by Gasteiger charge is 2.27. The van der Waals surface area contributed by atoms with Crippen LogP contribution in [0.5, 0.6) is 5.75 Å². The standard InChI is InChI=1S/C17H23F2NO3S/c1-3-9-20(10-4-2)24(21,22)16-8-6-13-11-15(23-17(18)19)7-5-14(13)12-16/h5,7,11-12,17H,3-4,6,8-10H2,1-2H3. The van der Waals surface area contributed by atoms with Crippen molar-refractivity contribution in [2.45, 2.75) is 46.1 Å². The second-order valence-corrected chi connectivity index (χ2v) is 7.74. The van der Waals surface area contributed by atoms with Crippen molar-refractivity contribution >= 4 is 16.1 Å². The fraction of sp³-hybridized carbons (Fsp3) is 0.529. The molecule has 24 heavy (non-hydrogen) atoms. The summed E-state index contributed by atoms with van der Waals surface area (Å²) in [6.07, 6.45) is 4.04. The molecule has 2 rings (SSSR count). The molecule has 0 fully saturated rings. The van der Waals surface area contributed by atoms with Crippen LogP contribution in [0.15, 0.2) is 23.1 Å². The summed E-state index contributed by atoms with van der Waals surface area (Å²) in [6, 6.07) is 4.62. The van der Waals surface area contributed by atoms with Crippen molar-refractivity contribution in [3.05, 3.63) is 34.2 Å². The molecule has 0 atom stereocenters. The number of halogens is 2. The topological polar surface area (TPSA) is 46.6 Å². The Labute approximate surface area is 142 Å². The molecular formula is C17H23F2NO3S. The van der Waals surface area contributed by atoms with E-state index in [1.165, 1.54) is 10.4 Å². The van der Waals surface area contributed by atoms with E-state index in [0.29, 0.717) is 30.8 Å². The van der Waals surface area contributed by atoms with Gasteiger partial charge in [0.1, 0.15) is 5.75 Å². The van der Waals surface area contributed by atoms with Gasteiger partial charge in [0.05, 0.1) is 4.91 Å². The summed E-state index contributed by atoms with van der Waals surface area (Å²) in [5.41, 5.74) is 1.57. The maximum absolute atomic E-state index is 12.8. The zero-order chi connectivity index (χ0) is 17.7. The third-order valence-corrected chi connectivity index (χ3v) is 5.94.